The van der Waals surface area contributed by atoms with E-state index >= 15 is 0 Å². The standard InChI is InChI=1S/C24H16FN3O4S/c1-16-5-11-19(12-6-16)33(30,31)20(15-26)14-21-23(32-18-9-7-17(25)8-10-18)27-22-4-2-3-13-28(22)24(21)29/h2-14H,1H3. The predicted molar refractivity (Wildman–Crippen MR) is 120 cm³/mol. The first-order valence-electron chi connectivity index (χ1n) is 9.68. The molecule has 0 unspecified atom stereocenters. The third-order valence-electron chi connectivity index (χ3n) is 4.77. The van der Waals surface area contributed by atoms with E-state index in [2.05, 4.69) is 4.98 Å². The molecule has 0 aliphatic heterocycles. The number of hydrogen-bond donors (Lipinski definition) is 0. The van der Waals surface area contributed by atoms with Gasteiger partial charge in [-0.1, -0.05) is 23.8 Å². The quantitative estimate of drug-likeness (QED) is 0.411. The fourth-order valence-corrected chi connectivity index (χ4v) is 4.18. The Kier molecular flexibility index (Phi) is 5.77. The summed E-state index contributed by atoms with van der Waals surface area (Å²) in [6.07, 6.45) is 2.41. The van der Waals surface area contributed by atoms with E-state index in [1.54, 1.807) is 43.3 Å². The first-order valence-corrected chi connectivity index (χ1v) is 11.2. The molecular weight excluding hydrogens is 445 g/mol. The fourth-order valence-electron chi connectivity index (χ4n) is 3.04. The highest BCUT2D eigenvalue weighted by Crippen LogP contribution is 2.27. The third-order valence-corrected chi connectivity index (χ3v) is 6.45. The van der Waals surface area contributed by atoms with Crippen LogP contribution in [-0.4, -0.2) is 17.8 Å². The molecule has 7 nitrogen and oxygen atoms in total. The Morgan fingerprint density at radius 2 is 1.79 bits per heavy atom. The minimum absolute atomic E-state index is 0.0873. The zero-order valence-electron chi connectivity index (χ0n) is 17.3. The van der Waals surface area contributed by atoms with Gasteiger partial charge in [-0.05, 0) is 61.5 Å². The lowest BCUT2D eigenvalue weighted by Gasteiger charge is -2.10. The van der Waals surface area contributed by atoms with E-state index in [0.717, 1.165) is 11.6 Å². The van der Waals surface area contributed by atoms with Crippen molar-refractivity contribution in [3.05, 3.63) is 105 Å². The van der Waals surface area contributed by atoms with Crippen molar-refractivity contribution in [1.29, 1.82) is 5.26 Å². The maximum Gasteiger partial charge on any atom is 0.269 e. The number of halogens is 1. The van der Waals surface area contributed by atoms with Gasteiger partial charge in [0, 0.05) is 6.20 Å². The molecule has 4 rings (SSSR count). The summed E-state index contributed by atoms with van der Waals surface area (Å²) in [4.78, 5) is 16.8. The Hall–Kier alpha value is -4.29. The number of aryl methyl sites for hydroxylation is 1. The number of hydrogen-bond acceptors (Lipinski definition) is 6. The summed E-state index contributed by atoms with van der Waals surface area (Å²) in [5, 5.41) is 9.65. The summed E-state index contributed by atoms with van der Waals surface area (Å²) in [5.41, 5.74) is 0.222. The number of allylic oxidation sites excluding steroid dienone is 1. The number of nitrogens with zero attached hydrogens (tertiary/aromatic N) is 3. The second-order valence-electron chi connectivity index (χ2n) is 7.06. The van der Waals surface area contributed by atoms with E-state index in [-0.39, 0.29) is 27.7 Å². The minimum Gasteiger partial charge on any atom is -0.438 e. The lowest BCUT2D eigenvalue weighted by molar-refractivity contribution is 0.459. The largest absolute Gasteiger partial charge is 0.438 e. The Morgan fingerprint density at radius 3 is 2.45 bits per heavy atom. The highest BCUT2D eigenvalue weighted by molar-refractivity contribution is 7.95. The van der Waals surface area contributed by atoms with Gasteiger partial charge in [-0.25, -0.2) is 12.8 Å². The molecule has 164 valence electrons. The molecule has 2 aromatic heterocycles. The summed E-state index contributed by atoms with van der Waals surface area (Å²) in [6.45, 7) is 1.80. The van der Waals surface area contributed by atoms with E-state index in [4.69, 9.17) is 4.74 Å². The number of fused-ring (bicyclic) bond motifs is 1. The van der Waals surface area contributed by atoms with Gasteiger partial charge >= 0.3 is 0 Å². The first-order chi connectivity index (χ1) is 15.8. The molecule has 0 atom stereocenters. The van der Waals surface area contributed by atoms with Crippen molar-refractivity contribution in [2.75, 3.05) is 0 Å². The summed E-state index contributed by atoms with van der Waals surface area (Å²) < 4.78 is 46.3. The Bertz CT molecular complexity index is 1580. The Balaban J connectivity index is 1.92. The van der Waals surface area contributed by atoms with Crippen LogP contribution in [0.5, 0.6) is 11.6 Å². The van der Waals surface area contributed by atoms with Crippen molar-refractivity contribution in [3.63, 3.8) is 0 Å². The lowest BCUT2D eigenvalue weighted by Crippen LogP contribution is -2.19. The maximum absolute atomic E-state index is 13.3. The van der Waals surface area contributed by atoms with Gasteiger partial charge in [0.1, 0.15) is 33.8 Å². The maximum atomic E-state index is 13.3. The van der Waals surface area contributed by atoms with E-state index in [0.29, 0.717) is 0 Å². The van der Waals surface area contributed by atoms with Crippen LogP contribution >= 0.6 is 0 Å². The van der Waals surface area contributed by atoms with Crippen LogP contribution in [0.25, 0.3) is 11.7 Å². The second-order valence-corrected chi connectivity index (χ2v) is 8.98. The summed E-state index contributed by atoms with van der Waals surface area (Å²) in [5.74, 6) is -0.521. The van der Waals surface area contributed by atoms with Gasteiger partial charge in [-0.15, -0.1) is 0 Å². The van der Waals surface area contributed by atoms with Gasteiger partial charge in [0.05, 0.1) is 4.90 Å². The molecule has 2 aromatic carbocycles. The number of aromatic nitrogens is 2. The van der Waals surface area contributed by atoms with Crippen LogP contribution < -0.4 is 10.3 Å². The molecule has 0 aliphatic rings. The minimum atomic E-state index is -4.21. The molecular formula is C24H16FN3O4S. The monoisotopic (exact) mass is 461 g/mol. The van der Waals surface area contributed by atoms with E-state index < -0.39 is 26.1 Å². The van der Waals surface area contributed by atoms with Crippen LogP contribution in [0, 0.1) is 24.1 Å². The van der Waals surface area contributed by atoms with Crippen LogP contribution in [-0.2, 0) is 9.84 Å². The zero-order valence-corrected chi connectivity index (χ0v) is 18.1. The Labute approximate surface area is 188 Å². The van der Waals surface area contributed by atoms with Crippen LogP contribution in [0.4, 0.5) is 4.39 Å². The van der Waals surface area contributed by atoms with Crippen molar-refractivity contribution in [1.82, 2.24) is 9.38 Å². The summed E-state index contributed by atoms with van der Waals surface area (Å²) >= 11 is 0. The zero-order chi connectivity index (χ0) is 23.6. The number of ether oxygens (including phenoxy) is 1. The predicted octanol–water partition coefficient (Wildman–Crippen LogP) is 4.27. The molecule has 2 heterocycles. The number of rotatable bonds is 5. The normalized spacial score (nSPS) is 11.8. The molecule has 0 amide bonds. The van der Waals surface area contributed by atoms with E-state index in [1.807, 2.05) is 0 Å². The topological polar surface area (TPSA) is 102 Å². The Morgan fingerprint density at radius 1 is 1.09 bits per heavy atom. The van der Waals surface area contributed by atoms with Gasteiger partial charge in [-0.2, -0.15) is 10.2 Å². The number of benzene rings is 2. The molecule has 0 radical (unpaired) electrons. The number of sulfone groups is 1. The fraction of sp³-hybridized carbons (Fsp3) is 0.0417. The van der Waals surface area contributed by atoms with Crippen LogP contribution in [0.3, 0.4) is 0 Å². The molecule has 0 bridgehead atoms. The van der Waals surface area contributed by atoms with Gasteiger partial charge in [0.2, 0.25) is 15.7 Å². The smallest absolute Gasteiger partial charge is 0.269 e. The highest BCUT2D eigenvalue weighted by Gasteiger charge is 2.23. The van der Waals surface area contributed by atoms with E-state index in [1.165, 1.54) is 47.0 Å². The average molecular weight is 461 g/mol. The molecule has 0 spiro atoms. The van der Waals surface area contributed by atoms with Crippen LogP contribution in [0.1, 0.15) is 11.1 Å². The van der Waals surface area contributed by atoms with Crippen molar-refractivity contribution in [3.8, 4) is 17.7 Å². The van der Waals surface area contributed by atoms with Gasteiger partial charge in [0.15, 0.2) is 0 Å². The molecule has 0 saturated heterocycles. The molecule has 33 heavy (non-hydrogen) atoms. The van der Waals surface area contributed by atoms with E-state index in [9.17, 15) is 22.9 Å². The number of pyridine rings is 1. The van der Waals surface area contributed by atoms with Crippen molar-refractivity contribution in [2.45, 2.75) is 11.8 Å². The third kappa shape index (κ3) is 4.37. The number of nitriles is 1. The average Bonchev–Trinajstić information content (AvgIpc) is 2.80. The molecule has 0 N–H and O–H groups in total. The van der Waals surface area contributed by atoms with Crippen molar-refractivity contribution >= 4 is 21.6 Å². The van der Waals surface area contributed by atoms with Gasteiger partial charge in [-0.3, -0.25) is 9.20 Å². The second kappa shape index (κ2) is 8.68. The molecule has 0 fully saturated rings. The van der Waals surface area contributed by atoms with Crippen LogP contribution in [0.2, 0.25) is 0 Å². The molecule has 9 heteroatoms. The lowest BCUT2D eigenvalue weighted by atomic mass is 10.2. The van der Waals surface area contributed by atoms with Crippen molar-refractivity contribution in [2.24, 2.45) is 0 Å². The molecule has 4 aromatic rings. The SMILES string of the molecule is Cc1ccc(S(=O)(=O)C(C#N)=Cc2c(Oc3ccc(F)cc3)nc3ccccn3c2=O)cc1. The molecule has 0 aliphatic carbocycles. The van der Waals surface area contributed by atoms with Crippen molar-refractivity contribution < 1.29 is 17.5 Å². The van der Waals surface area contributed by atoms with Crippen LogP contribution in [0.15, 0.2) is 87.5 Å². The molecule has 0 saturated carbocycles. The van der Waals surface area contributed by atoms with Gasteiger partial charge in [0.25, 0.3) is 5.56 Å². The highest BCUT2D eigenvalue weighted by atomic mass is 32.2. The van der Waals surface area contributed by atoms with Gasteiger partial charge < -0.3 is 4.74 Å². The summed E-state index contributed by atoms with van der Waals surface area (Å²) in [7, 11) is -4.21. The first kappa shape index (κ1) is 21.9. The summed E-state index contributed by atoms with van der Waals surface area (Å²) in [6, 6.07) is 17.5.